The van der Waals surface area contributed by atoms with Crippen LogP contribution in [0.5, 0.6) is 0 Å². The summed E-state index contributed by atoms with van der Waals surface area (Å²) in [7, 11) is 0. The van der Waals surface area contributed by atoms with Crippen molar-refractivity contribution in [1.82, 2.24) is 4.90 Å². The van der Waals surface area contributed by atoms with Crippen molar-refractivity contribution >= 4 is 0 Å². The minimum atomic E-state index is 0.410. The van der Waals surface area contributed by atoms with Gasteiger partial charge in [-0.05, 0) is 25.3 Å². The van der Waals surface area contributed by atoms with Crippen LogP contribution < -0.4 is 5.73 Å². The molecule has 0 aromatic heterocycles. The van der Waals surface area contributed by atoms with E-state index < -0.39 is 0 Å². The second kappa shape index (κ2) is 6.88. The summed E-state index contributed by atoms with van der Waals surface area (Å²) in [6.45, 7) is 5.84. The molecule has 1 heterocycles. The van der Waals surface area contributed by atoms with E-state index in [-0.39, 0.29) is 0 Å². The number of nitrogens with zero attached hydrogens (tertiary/aromatic N) is 1. The van der Waals surface area contributed by atoms with Gasteiger partial charge in [0.1, 0.15) is 0 Å². The van der Waals surface area contributed by atoms with Crippen molar-refractivity contribution in [3.8, 4) is 0 Å². The second-order valence-electron chi connectivity index (χ2n) is 4.98. The molecule has 0 aliphatic carbocycles. The van der Waals surface area contributed by atoms with Crippen LogP contribution in [0.4, 0.5) is 0 Å². The summed E-state index contributed by atoms with van der Waals surface area (Å²) in [5, 5.41) is 0. The normalized spacial score (nSPS) is 19.9. The Morgan fingerprint density at radius 1 is 1.28 bits per heavy atom. The third kappa shape index (κ3) is 3.55. The zero-order valence-electron chi connectivity index (χ0n) is 11.2. The molecule has 1 aliphatic rings. The first-order valence-corrected chi connectivity index (χ1v) is 6.92. The number of benzene rings is 1. The van der Waals surface area contributed by atoms with E-state index in [9.17, 15) is 0 Å². The number of nitrogens with two attached hydrogens (primary N) is 1. The van der Waals surface area contributed by atoms with Crippen LogP contribution in [-0.4, -0.2) is 37.2 Å². The van der Waals surface area contributed by atoms with Crippen molar-refractivity contribution < 1.29 is 4.74 Å². The molecule has 1 saturated heterocycles. The number of piperidine rings is 1. The van der Waals surface area contributed by atoms with E-state index in [1.807, 2.05) is 0 Å². The maximum absolute atomic E-state index is 5.71. The highest BCUT2D eigenvalue weighted by Gasteiger charge is 2.23. The third-order valence-corrected chi connectivity index (χ3v) is 3.78. The third-order valence-electron chi connectivity index (χ3n) is 3.78. The molecule has 1 atom stereocenters. The smallest absolute Gasteiger partial charge is 0.0600 e. The second-order valence-corrected chi connectivity index (χ2v) is 4.98. The number of likely N-dealkylation sites (tertiary alicyclic amines) is 1. The highest BCUT2D eigenvalue weighted by molar-refractivity contribution is 5.18. The van der Waals surface area contributed by atoms with Gasteiger partial charge in [-0.3, -0.25) is 4.90 Å². The van der Waals surface area contributed by atoms with Crippen LogP contribution in [0.2, 0.25) is 0 Å². The van der Waals surface area contributed by atoms with Gasteiger partial charge in [-0.15, -0.1) is 0 Å². The molecule has 2 N–H and O–H groups in total. The van der Waals surface area contributed by atoms with E-state index in [0.717, 1.165) is 25.9 Å². The summed E-state index contributed by atoms with van der Waals surface area (Å²) in [6, 6.07) is 11.2. The summed E-state index contributed by atoms with van der Waals surface area (Å²) >= 11 is 0. The van der Waals surface area contributed by atoms with E-state index in [4.69, 9.17) is 10.5 Å². The Morgan fingerprint density at radius 2 is 1.94 bits per heavy atom. The Hall–Kier alpha value is -0.900. The molecule has 0 saturated carbocycles. The molecule has 1 aliphatic heterocycles. The van der Waals surface area contributed by atoms with Crippen LogP contribution >= 0.6 is 0 Å². The largest absolute Gasteiger partial charge is 0.377 e. The fourth-order valence-corrected chi connectivity index (χ4v) is 2.61. The molecule has 1 fully saturated rings. The highest BCUT2D eigenvalue weighted by Crippen LogP contribution is 2.24. The van der Waals surface area contributed by atoms with Gasteiger partial charge in [-0.25, -0.2) is 0 Å². The van der Waals surface area contributed by atoms with Gasteiger partial charge in [0.25, 0.3) is 0 Å². The molecular formula is C15H24N2O. The molecule has 3 nitrogen and oxygen atoms in total. The van der Waals surface area contributed by atoms with E-state index in [1.54, 1.807) is 0 Å². The monoisotopic (exact) mass is 248 g/mol. The van der Waals surface area contributed by atoms with Crippen LogP contribution in [0.1, 0.15) is 31.4 Å². The minimum Gasteiger partial charge on any atom is -0.377 e. The molecule has 100 valence electrons. The van der Waals surface area contributed by atoms with E-state index >= 15 is 0 Å². The van der Waals surface area contributed by atoms with Gasteiger partial charge in [0.05, 0.1) is 12.7 Å². The molecule has 0 radical (unpaired) electrons. The standard InChI is InChI=1S/C15H24N2O/c1-13(14-5-3-2-4-6-14)17-10-7-15(8-11-17)18-12-9-16/h2-6,13,15H,7-12,16H2,1H3. The van der Waals surface area contributed by atoms with Crippen LogP contribution in [-0.2, 0) is 4.74 Å². The van der Waals surface area contributed by atoms with Crippen molar-refractivity contribution in [2.75, 3.05) is 26.2 Å². The van der Waals surface area contributed by atoms with Crippen molar-refractivity contribution in [2.24, 2.45) is 5.73 Å². The topological polar surface area (TPSA) is 38.5 Å². The average Bonchev–Trinajstić information content (AvgIpc) is 2.46. The Kier molecular flexibility index (Phi) is 5.17. The molecule has 18 heavy (non-hydrogen) atoms. The summed E-state index contributed by atoms with van der Waals surface area (Å²) < 4.78 is 5.71. The lowest BCUT2D eigenvalue weighted by Crippen LogP contribution is -2.39. The SMILES string of the molecule is CC(c1ccccc1)N1CCC(OCCN)CC1. The van der Waals surface area contributed by atoms with Gasteiger partial charge in [0.15, 0.2) is 0 Å². The molecule has 0 spiro atoms. The van der Waals surface area contributed by atoms with Gasteiger partial charge in [0.2, 0.25) is 0 Å². The fraction of sp³-hybridized carbons (Fsp3) is 0.600. The van der Waals surface area contributed by atoms with Gasteiger partial charge in [-0.1, -0.05) is 30.3 Å². The number of rotatable bonds is 5. The maximum Gasteiger partial charge on any atom is 0.0600 e. The molecule has 3 heteroatoms. The maximum atomic E-state index is 5.71. The number of ether oxygens (including phenoxy) is 1. The van der Waals surface area contributed by atoms with Gasteiger partial charge in [0, 0.05) is 25.7 Å². The molecule has 1 aromatic carbocycles. The van der Waals surface area contributed by atoms with Crippen LogP contribution in [0.15, 0.2) is 30.3 Å². The van der Waals surface area contributed by atoms with Crippen LogP contribution in [0, 0.1) is 0 Å². The molecule has 1 aromatic rings. The lowest BCUT2D eigenvalue weighted by Gasteiger charge is -2.36. The average molecular weight is 248 g/mol. The molecular weight excluding hydrogens is 224 g/mol. The predicted molar refractivity (Wildman–Crippen MR) is 74.5 cm³/mol. The van der Waals surface area contributed by atoms with Gasteiger partial charge >= 0.3 is 0 Å². The van der Waals surface area contributed by atoms with E-state index in [2.05, 4.69) is 42.2 Å². The summed E-state index contributed by atoms with van der Waals surface area (Å²) in [6.07, 6.45) is 2.65. The van der Waals surface area contributed by atoms with Crippen molar-refractivity contribution in [2.45, 2.75) is 31.9 Å². The van der Waals surface area contributed by atoms with Crippen LogP contribution in [0.25, 0.3) is 0 Å². The zero-order chi connectivity index (χ0) is 12.8. The molecule has 0 bridgehead atoms. The summed E-state index contributed by atoms with van der Waals surface area (Å²) in [5.74, 6) is 0. The predicted octanol–water partition coefficient (Wildman–Crippen LogP) is 2.19. The Labute approximate surface area is 110 Å². The van der Waals surface area contributed by atoms with Crippen LogP contribution in [0.3, 0.4) is 0 Å². The lowest BCUT2D eigenvalue weighted by atomic mass is 10.0. The van der Waals surface area contributed by atoms with E-state index in [1.165, 1.54) is 5.56 Å². The first kappa shape index (κ1) is 13.5. The Morgan fingerprint density at radius 3 is 2.56 bits per heavy atom. The molecule has 2 rings (SSSR count). The van der Waals surface area contributed by atoms with E-state index in [0.29, 0.717) is 25.3 Å². The first-order valence-electron chi connectivity index (χ1n) is 6.92. The number of hydrogen-bond donors (Lipinski definition) is 1. The fourth-order valence-electron chi connectivity index (χ4n) is 2.61. The Balaban J connectivity index is 1.82. The minimum absolute atomic E-state index is 0.410. The summed E-state index contributed by atoms with van der Waals surface area (Å²) in [4.78, 5) is 2.54. The Bertz CT molecular complexity index is 334. The quantitative estimate of drug-likeness (QED) is 0.868. The van der Waals surface area contributed by atoms with Crippen molar-refractivity contribution in [3.63, 3.8) is 0 Å². The van der Waals surface area contributed by atoms with Crippen molar-refractivity contribution in [1.29, 1.82) is 0 Å². The first-order chi connectivity index (χ1) is 8.81. The molecule has 0 amide bonds. The highest BCUT2D eigenvalue weighted by atomic mass is 16.5. The number of hydrogen-bond acceptors (Lipinski definition) is 3. The zero-order valence-corrected chi connectivity index (χ0v) is 11.2. The van der Waals surface area contributed by atoms with Gasteiger partial charge < -0.3 is 10.5 Å². The summed E-state index contributed by atoms with van der Waals surface area (Å²) in [5.41, 5.74) is 6.86. The van der Waals surface area contributed by atoms with Gasteiger partial charge in [-0.2, -0.15) is 0 Å². The lowest BCUT2D eigenvalue weighted by molar-refractivity contribution is 0.00307. The van der Waals surface area contributed by atoms with Crippen molar-refractivity contribution in [3.05, 3.63) is 35.9 Å². The molecule has 1 unspecified atom stereocenters.